The first-order chi connectivity index (χ1) is 17.0. The molecule has 1 aliphatic heterocycles. The Kier molecular flexibility index (Phi) is 7.67. The Balaban J connectivity index is 0.00000141. The normalized spacial score (nSPS) is 14.7. The summed E-state index contributed by atoms with van der Waals surface area (Å²) < 4.78 is 11.4. The summed E-state index contributed by atoms with van der Waals surface area (Å²) in [5.41, 5.74) is 5.28. The van der Waals surface area contributed by atoms with Crippen LogP contribution in [-0.4, -0.2) is 29.1 Å². The number of ether oxygens (including phenoxy) is 2. The van der Waals surface area contributed by atoms with Crippen LogP contribution >= 0.6 is 11.6 Å². The van der Waals surface area contributed by atoms with Crippen molar-refractivity contribution in [2.45, 2.75) is 40.2 Å². The number of H-pyrrole nitrogens is 1. The molecule has 0 aliphatic carbocycles. The number of aryl methyl sites for hydroxylation is 1. The number of aromatic amines is 1. The van der Waals surface area contributed by atoms with Crippen LogP contribution in [0.15, 0.2) is 66.7 Å². The van der Waals surface area contributed by atoms with E-state index in [4.69, 9.17) is 21.1 Å². The molecule has 5 rings (SSSR count). The molecular formula is C29H31ClN2O3. The molecule has 3 aromatic carbocycles. The summed E-state index contributed by atoms with van der Waals surface area (Å²) in [5.74, 6) is 1.33. The van der Waals surface area contributed by atoms with E-state index in [0.717, 1.165) is 33.5 Å². The van der Waals surface area contributed by atoms with Crippen molar-refractivity contribution in [1.82, 2.24) is 9.88 Å². The Labute approximate surface area is 211 Å². The summed E-state index contributed by atoms with van der Waals surface area (Å²) in [6, 6.07) is 20.9. The van der Waals surface area contributed by atoms with E-state index in [1.54, 1.807) is 4.90 Å². The average molecular weight is 491 g/mol. The van der Waals surface area contributed by atoms with Crippen molar-refractivity contribution >= 4 is 28.6 Å². The number of halogens is 1. The number of hydrogen-bond donors (Lipinski definition) is 1. The van der Waals surface area contributed by atoms with Crippen LogP contribution in [0.5, 0.6) is 11.5 Å². The molecule has 1 atom stereocenters. The quantitative estimate of drug-likeness (QED) is 0.319. The lowest BCUT2D eigenvalue weighted by Gasteiger charge is -2.35. The van der Waals surface area contributed by atoms with Gasteiger partial charge in [-0.2, -0.15) is 0 Å². The lowest BCUT2D eigenvalue weighted by Crippen LogP contribution is -2.42. The minimum atomic E-state index is -0.375. The van der Waals surface area contributed by atoms with Crippen LogP contribution in [0.4, 0.5) is 4.79 Å². The standard InChI is InChI=1S/C27H25ClN2O3.C2H6/c1-3-32-20-11-6-18(7-12-20)26-25-22(23-16-19(28)8-13-24(23)29-25)14-15-30(26)27(31)33-21-9-4-17(2)5-10-21;1-2/h4-13,16,26,29H,3,14-15H2,1-2H3;1-2H3/t26-;/m0./s1. The summed E-state index contributed by atoms with van der Waals surface area (Å²) in [4.78, 5) is 18.7. The van der Waals surface area contributed by atoms with Crippen molar-refractivity contribution in [3.8, 4) is 11.5 Å². The molecule has 1 N–H and O–H groups in total. The lowest BCUT2D eigenvalue weighted by molar-refractivity contribution is 0.135. The maximum Gasteiger partial charge on any atom is 0.416 e. The van der Waals surface area contributed by atoms with Gasteiger partial charge in [-0.15, -0.1) is 0 Å². The highest BCUT2D eigenvalue weighted by molar-refractivity contribution is 6.31. The fourth-order valence-corrected chi connectivity index (χ4v) is 4.65. The van der Waals surface area contributed by atoms with Gasteiger partial charge in [-0.25, -0.2) is 4.79 Å². The number of carbonyl (C=O) groups excluding carboxylic acids is 1. The number of benzene rings is 3. The first kappa shape index (κ1) is 24.7. The fourth-order valence-electron chi connectivity index (χ4n) is 4.48. The van der Waals surface area contributed by atoms with E-state index in [2.05, 4.69) is 4.98 Å². The first-order valence-corrected chi connectivity index (χ1v) is 12.5. The molecule has 0 unspecified atom stereocenters. The molecule has 4 aromatic rings. The first-order valence-electron chi connectivity index (χ1n) is 12.1. The Morgan fingerprint density at radius 3 is 2.40 bits per heavy atom. The van der Waals surface area contributed by atoms with Crippen molar-refractivity contribution in [2.75, 3.05) is 13.2 Å². The molecular weight excluding hydrogens is 460 g/mol. The van der Waals surface area contributed by atoms with Gasteiger partial charge in [0.1, 0.15) is 17.5 Å². The number of amides is 1. The highest BCUT2D eigenvalue weighted by atomic mass is 35.5. The van der Waals surface area contributed by atoms with E-state index in [1.807, 2.05) is 94.4 Å². The molecule has 6 heteroatoms. The van der Waals surface area contributed by atoms with Gasteiger partial charge in [0.05, 0.1) is 6.61 Å². The van der Waals surface area contributed by atoms with Crippen molar-refractivity contribution in [3.05, 3.63) is 94.1 Å². The predicted molar refractivity (Wildman–Crippen MR) is 142 cm³/mol. The second-order valence-electron chi connectivity index (χ2n) is 8.24. The molecule has 2 heterocycles. The van der Waals surface area contributed by atoms with Gasteiger partial charge in [-0.3, -0.25) is 4.90 Å². The number of aromatic nitrogens is 1. The van der Waals surface area contributed by atoms with E-state index in [9.17, 15) is 4.79 Å². The third kappa shape index (κ3) is 5.15. The third-order valence-electron chi connectivity index (χ3n) is 6.06. The Bertz CT molecular complexity index is 1300. The van der Waals surface area contributed by atoms with Crippen molar-refractivity contribution < 1.29 is 14.3 Å². The molecule has 1 aliphatic rings. The Morgan fingerprint density at radius 1 is 1.03 bits per heavy atom. The van der Waals surface area contributed by atoms with Gasteiger partial charge in [0.2, 0.25) is 0 Å². The molecule has 0 saturated heterocycles. The molecule has 0 saturated carbocycles. The van der Waals surface area contributed by atoms with Gasteiger partial charge in [-0.05, 0) is 73.9 Å². The van der Waals surface area contributed by atoms with Gasteiger partial charge in [0.15, 0.2) is 0 Å². The summed E-state index contributed by atoms with van der Waals surface area (Å²) in [7, 11) is 0. The van der Waals surface area contributed by atoms with E-state index in [-0.39, 0.29) is 12.1 Å². The monoisotopic (exact) mass is 490 g/mol. The highest BCUT2D eigenvalue weighted by Crippen LogP contribution is 2.40. The molecule has 0 radical (unpaired) electrons. The van der Waals surface area contributed by atoms with Crippen LogP contribution in [0.3, 0.4) is 0 Å². The molecule has 182 valence electrons. The van der Waals surface area contributed by atoms with Gasteiger partial charge < -0.3 is 14.5 Å². The topological polar surface area (TPSA) is 54.6 Å². The lowest BCUT2D eigenvalue weighted by atomic mass is 9.92. The molecule has 0 bridgehead atoms. The molecule has 1 amide bonds. The SMILES string of the molecule is CC.CCOc1ccc([C@H]2c3[nH]c4ccc(Cl)cc4c3CCN2C(=O)Oc2ccc(C)cc2)cc1. The Hall–Kier alpha value is -3.44. The largest absolute Gasteiger partial charge is 0.494 e. The van der Waals surface area contributed by atoms with Crippen LogP contribution in [0, 0.1) is 6.92 Å². The van der Waals surface area contributed by atoms with Crippen molar-refractivity contribution in [3.63, 3.8) is 0 Å². The number of rotatable bonds is 4. The maximum absolute atomic E-state index is 13.3. The Morgan fingerprint density at radius 2 is 1.71 bits per heavy atom. The van der Waals surface area contributed by atoms with Crippen molar-refractivity contribution in [1.29, 1.82) is 0 Å². The van der Waals surface area contributed by atoms with Crippen LogP contribution in [0.25, 0.3) is 10.9 Å². The molecule has 1 aromatic heterocycles. The average Bonchev–Trinajstić information content (AvgIpc) is 3.24. The zero-order valence-corrected chi connectivity index (χ0v) is 21.4. The van der Waals surface area contributed by atoms with Crippen LogP contribution in [0.1, 0.15) is 49.2 Å². The smallest absolute Gasteiger partial charge is 0.416 e. The summed E-state index contributed by atoms with van der Waals surface area (Å²) >= 11 is 6.29. The number of nitrogens with one attached hydrogen (secondary N) is 1. The van der Waals surface area contributed by atoms with E-state index >= 15 is 0 Å². The number of fused-ring (bicyclic) bond motifs is 3. The minimum absolute atomic E-state index is 0.312. The van der Waals surface area contributed by atoms with Gasteiger partial charge in [0, 0.05) is 28.2 Å². The molecule has 0 spiro atoms. The van der Waals surface area contributed by atoms with E-state index in [0.29, 0.717) is 30.3 Å². The van der Waals surface area contributed by atoms with Gasteiger partial charge in [-0.1, -0.05) is 55.3 Å². The highest BCUT2D eigenvalue weighted by Gasteiger charge is 2.35. The molecule has 0 fully saturated rings. The van der Waals surface area contributed by atoms with Crippen LogP contribution in [0.2, 0.25) is 5.02 Å². The number of nitrogens with zero attached hydrogens (tertiary/aromatic N) is 1. The molecule has 5 nitrogen and oxygen atoms in total. The third-order valence-corrected chi connectivity index (χ3v) is 6.29. The predicted octanol–water partition coefficient (Wildman–Crippen LogP) is 7.70. The zero-order chi connectivity index (χ0) is 24.9. The summed E-state index contributed by atoms with van der Waals surface area (Å²) in [6.45, 7) is 9.10. The van der Waals surface area contributed by atoms with E-state index in [1.165, 1.54) is 5.56 Å². The molecule has 35 heavy (non-hydrogen) atoms. The second-order valence-corrected chi connectivity index (χ2v) is 8.67. The second kappa shape index (κ2) is 10.9. The number of hydrogen-bond acceptors (Lipinski definition) is 3. The van der Waals surface area contributed by atoms with E-state index < -0.39 is 0 Å². The van der Waals surface area contributed by atoms with Crippen LogP contribution < -0.4 is 9.47 Å². The van der Waals surface area contributed by atoms with Crippen molar-refractivity contribution in [2.24, 2.45) is 0 Å². The van der Waals surface area contributed by atoms with Crippen LogP contribution in [-0.2, 0) is 6.42 Å². The number of carbonyl (C=O) groups is 1. The van der Waals surface area contributed by atoms with Gasteiger partial charge >= 0.3 is 6.09 Å². The maximum atomic E-state index is 13.3. The van der Waals surface area contributed by atoms with Gasteiger partial charge in [0.25, 0.3) is 0 Å². The summed E-state index contributed by atoms with van der Waals surface area (Å²) in [5, 5.41) is 1.79. The minimum Gasteiger partial charge on any atom is -0.494 e. The zero-order valence-electron chi connectivity index (χ0n) is 20.6. The fraction of sp³-hybridized carbons (Fsp3) is 0.276. The summed E-state index contributed by atoms with van der Waals surface area (Å²) in [6.07, 6.45) is 0.340.